The van der Waals surface area contributed by atoms with Crippen LogP contribution in [-0.4, -0.2) is 18.4 Å². The van der Waals surface area contributed by atoms with Crippen LogP contribution in [0.2, 0.25) is 15.1 Å². The molecule has 0 aliphatic heterocycles. The number of rotatable bonds is 4. The Morgan fingerprint density at radius 3 is 2.45 bits per heavy atom. The van der Waals surface area contributed by atoms with Crippen LogP contribution in [0.4, 0.5) is 18.9 Å². The molecule has 2 aromatic carbocycles. The number of anilines is 1. The normalized spacial score (nSPS) is 11.5. The molecule has 0 bridgehead atoms. The molecule has 0 aliphatic rings. The average Bonchev–Trinajstić information content (AvgIpc) is 2.96. The first kappa shape index (κ1) is 21.7. The van der Waals surface area contributed by atoms with E-state index in [4.69, 9.17) is 34.8 Å². The van der Waals surface area contributed by atoms with Crippen molar-refractivity contribution in [2.45, 2.75) is 6.18 Å². The second-order valence-corrected chi connectivity index (χ2v) is 8.05. The van der Waals surface area contributed by atoms with Crippen molar-refractivity contribution in [3.05, 3.63) is 61.9 Å². The highest BCUT2D eigenvalue weighted by Crippen LogP contribution is 2.41. The lowest BCUT2D eigenvalue weighted by Gasteiger charge is -2.13. The smallest absolute Gasteiger partial charge is 0.342 e. The SMILES string of the molecule is O=C(CNC(=O)c1sc2cc(Cl)cc(Cl)c2c1Cl)Nc1ccccc1C(F)(F)F. The fraction of sp³-hybridized carbons (Fsp3) is 0.111. The summed E-state index contributed by atoms with van der Waals surface area (Å²) in [5, 5.41) is 5.67. The summed E-state index contributed by atoms with van der Waals surface area (Å²) in [6.07, 6.45) is -4.63. The largest absolute Gasteiger partial charge is 0.418 e. The molecule has 29 heavy (non-hydrogen) atoms. The van der Waals surface area contributed by atoms with E-state index in [0.717, 1.165) is 23.5 Å². The summed E-state index contributed by atoms with van der Waals surface area (Å²) < 4.78 is 39.5. The molecule has 3 rings (SSSR count). The fourth-order valence-corrected chi connectivity index (χ4v) is 4.83. The van der Waals surface area contributed by atoms with Crippen molar-refractivity contribution in [3.8, 4) is 0 Å². The zero-order chi connectivity index (χ0) is 21.3. The van der Waals surface area contributed by atoms with E-state index >= 15 is 0 Å². The lowest BCUT2D eigenvalue weighted by molar-refractivity contribution is -0.137. The third kappa shape index (κ3) is 4.78. The third-order valence-electron chi connectivity index (χ3n) is 3.77. The van der Waals surface area contributed by atoms with Crippen molar-refractivity contribution in [1.29, 1.82) is 0 Å². The van der Waals surface area contributed by atoms with Gasteiger partial charge >= 0.3 is 6.18 Å². The molecule has 0 radical (unpaired) electrons. The number of carbonyl (C=O) groups excluding carboxylic acids is 2. The molecule has 0 unspecified atom stereocenters. The van der Waals surface area contributed by atoms with E-state index in [2.05, 4.69) is 10.6 Å². The van der Waals surface area contributed by atoms with Gasteiger partial charge in [0.05, 0.1) is 27.8 Å². The number of hydrogen-bond donors (Lipinski definition) is 2. The Morgan fingerprint density at radius 1 is 1.07 bits per heavy atom. The van der Waals surface area contributed by atoms with Crippen molar-refractivity contribution in [1.82, 2.24) is 5.32 Å². The van der Waals surface area contributed by atoms with E-state index in [1.165, 1.54) is 18.2 Å². The van der Waals surface area contributed by atoms with Crippen LogP contribution >= 0.6 is 46.1 Å². The molecule has 2 amide bonds. The minimum atomic E-state index is -4.63. The Bertz CT molecular complexity index is 1120. The van der Waals surface area contributed by atoms with Gasteiger partial charge in [-0.15, -0.1) is 11.3 Å². The molecule has 1 heterocycles. The number of nitrogens with one attached hydrogen (secondary N) is 2. The van der Waals surface area contributed by atoms with Crippen molar-refractivity contribution in [2.75, 3.05) is 11.9 Å². The number of benzene rings is 2. The van der Waals surface area contributed by atoms with Crippen LogP contribution in [0, 0.1) is 0 Å². The number of fused-ring (bicyclic) bond motifs is 1. The van der Waals surface area contributed by atoms with Crippen LogP contribution in [0.3, 0.4) is 0 Å². The quantitative estimate of drug-likeness (QED) is 0.463. The predicted molar refractivity (Wildman–Crippen MR) is 109 cm³/mol. The monoisotopic (exact) mass is 480 g/mol. The highest BCUT2D eigenvalue weighted by atomic mass is 35.5. The summed E-state index contributed by atoms with van der Waals surface area (Å²) in [7, 11) is 0. The molecule has 152 valence electrons. The van der Waals surface area contributed by atoms with Gasteiger partial charge in [0, 0.05) is 15.1 Å². The van der Waals surface area contributed by atoms with Crippen molar-refractivity contribution in [3.63, 3.8) is 0 Å². The number of thiophene rings is 1. The van der Waals surface area contributed by atoms with E-state index in [1.54, 1.807) is 6.07 Å². The van der Waals surface area contributed by atoms with Crippen LogP contribution in [0.25, 0.3) is 10.1 Å². The highest BCUT2D eigenvalue weighted by molar-refractivity contribution is 7.21. The Balaban J connectivity index is 1.72. The minimum absolute atomic E-state index is 0.104. The Kier molecular flexibility index (Phi) is 6.28. The van der Waals surface area contributed by atoms with Crippen molar-refractivity contribution in [2.24, 2.45) is 0 Å². The van der Waals surface area contributed by atoms with Gasteiger partial charge in [0.15, 0.2) is 0 Å². The molecule has 0 spiro atoms. The van der Waals surface area contributed by atoms with Crippen LogP contribution in [0.5, 0.6) is 0 Å². The van der Waals surface area contributed by atoms with E-state index in [-0.39, 0.29) is 14.9 Å². The van der Waals surface area contributed by atoms with Gasteiger partial charge in [-0.05, 0) is 24.3 Å². The van der Waals surface area contributed by atoms with Crippen LogP contribution in [0.15, 0.2) is 36.4 Å². The molecule has 1 aromatic heterocycles. The number of amides is 2. The van der Waals surface area contributed by atoms with E-state index in [9.17, 15) is 22.8 Å². The number of halogens is 6. The second-order valence-electron chi connectivity index (χ2n) is 5.78. The molecule has 0 atom stereocenters. The maximum Gasteiger partial charge on any atom is 0.418 e. The number of alkyl halides is 3. The molecule has 0 saturated carbocycles. The molecule has 11 heteroatoms. The van der Waals surface area contributed by atoms with Crippen molar-refractivity contribution < 1.29 is 22.8 Å². The predicted octanol–water partition coefficient (Wildman–Crippen LogP) is 6.25. The lowest BCUT2D eigenvalue weighted by Crippen LogP contribution is -2.33. The maximum absolute atomic E-state index is 13.0. The lowest BCUT2D eigenvalue weighted by atomic mass is 10.1. The first-order valence-corrected chi connectivity index (χ1v) is 9.84. The second kappa shape index (κ2) is 8.39. The summed E-state index contributed by atoms with van der Waals surface area (Å²) >= 11 is 19.3. The van der Waals surface area contributed by atoms with Gasteiger partial charge in [-0.1, -0.05) is 46.9 Å². The molecule has 4 nitrogen and oxygen atoms in total. The Morgan fingerprint density at radius 2 is 1.76 bits per heavy atom. The third-order valence-corrected chi connectivity index (χ3v) is 5.91. The Hall–Kier alpha value is -2.00. The molecular weight excluding hydrogens is 472 g/mol. The number of hydrogen-bond acceptors (Lipinski definition) is 3. The Labute approximate surface area is 181 Å². The average molecular weight is 482 g/mol. The molecule has 0 aliphatic carbocycles. The number of para-hydroxylation sites is 1. The molecular formula is C18H10Cl3F3N2O2S. The summed E-state index contributed by atoms with van der Waals surface area (Å²) in [5.41, 5.74) is -1.39. The highest BCUT2D eigenvalue weighted by Gasteiger charge is 2.33. The summed E-state index contributed by atoms with van der Waals surface area (Å²) in [5.74, 6) is -1.49. The first-order valence-electron chi connectivity index (χ1n) is 7.89. The van der Waals surface area contributed by atoms with Gasteiger partial charge in [0.2, 0.25) is 5.91 Å². The van der Waals surface area contributed by atoms with Gasteiger partial charge < -0.3 is 10.6 Å². The van der Waals surface area contributed by atoms with Gasteiger partial charge in [0.25, 0.3) is 5.91 Å². The maximum atomic E-state index is 13.0. The van der Waals surface area contributed by atoms with Crippen LogP contribution < -0.4 is 10.6 Å². The minimum Gasteiger partial charge on any atom is -0.342 e. The summed E-state index contributed by atoms with van der Waals surface area (Å²) in [4.78, 5) is 24.5. The topological polar surface area (TPSA) is 58.2 Å². The fourth-order valence-electron chi connectivity index (χ4n) is 2.53. The van der Waals surface area contributed by atoms with Gasteiger partial charge in [-0.2, -0.15) is 13.2 Å². The number of carbonyl (C=O) groups is 2. The van der Waals surface area contributed by atoms with Crippen molar-refractivity contribution >= 4 is 73.7 Å². The zero-order valence-electron chi connectivity index (χ0n) is 14.2. The molecule has 0 saturated heterocycles. The summed E-state index contributed by atoms with van der Waals surface area (Å²) in [6, 6.07) is 7.61. The van der Waals surface area contributed by atoms with E-state index in [1.807, 2.05) is 0 Å². The van der Waals surface area contributed by atoms with Gasteiger partial charge in [-0.25, -0.2) is 0 Å². The van der Waals surface area contributed by atoms with Gasteiger partial charge in [-0.3, -0.25) is 9.59 Å². The van der Waals surface area contributed by atoms with Crippen LogP contribution in [-0.2, 0) is 11.0 Å². The van der Waals surface area contributed by atoms with E-state index < -0.39 is 35.8 Å². The standard InChI is InChI=1S/C18H10Cl3F3N2O2S/c19-8-5-10(20)14-12(6-8)29-16(15(14)21)17(28)25-7-13(27)26-11-4-2-1-3-9(11)18(22,23)24/h1-6H,7H2,(H,25,28)(H,26,27). The first-order chi connectivity index (χ1) is 13.6. The van der Waals surface area contributed by atoms with E-state index in [0.29, 0.717) is 15.1 Å². The zero-order valence-corrected chi connectivity index (χ0v) is 17.2. The molecule has 3 aromatic rings. The van der Waals surface area contributed by atoms with Gasteiger partial charge in [0.1, 0.15) is 4.88 Å². The molecule has 2 N–H and O–H groups in total. The summed E-state index contributed by atoms with van der Waals surface area (Å²) in [6.45, 7) is -0.552. The van der Waals surface area contributed by atoms with Crippen LogP contribution in [0.1, 0.15) is 15.2 Å². The molecule has 0 fully saturated rings.